The van der Waals surface area contributed by atoms with Gasteiger partial charge in [0, 0.05) is 31.8 Å². The summed E-state index contributed by atoms with van der Waals surface area (Å²) in [6.45, 7) is 16.6. The summed E-state index contributed by atoms with van der Waals surface area (Å²) in [5, 5.41) is 0. The van der Waals surface area contributed by atoms with Crippen molar-refractivity contribution in [2.24, 2.45) is 14.1 Å². The minimum atomic E-state index is -0.0666. The molecule has 0 atom stereocenters. The molecule has 31 heavy (non-hydrogen) atoms. The summed E-state index contributed by atoms with van der Waals surface area (Å²) in [5.74, 6) is -0.0522. The first-order valence-electron chi connectivity index (χ1n) is 11.7. The first-order valence-corrected chi connectivity index (χ1v) is 12.1. The molecule has 1 rings (SSSR count). The molecule has 0 saturated carbocycles. The van der Waals surface area contributed by atoms with Crippen LogP contribution >= 0.6 is 12.2 Å². The molecule has 1 aromatic heterocycles. The molecule has 0 fully saturated rings. The molecule has 1 heterocycles. The number of unbranched alkanes of at least 4 members (excludes halogenated alkanes) is 4. The highest BCUT2D eigenvalue weighted by molar-refractivity contribution is 7.71. The van der Waals surface area contributed by atoms with E-state index < -0.39 is 0 Å². The highest BCUT2D eigenvalue weighted by atomic mass is 32.1. The number of carbonyl (C=O) groups is 1. The maximum atomic E-state index is 11.4. The van der Waals surface area contributed by atoms with Gasteiger partial charge in [-0.05, 0) is 40.5 Å². The monoisotopic (exact) mass is 456 g/mol. The summed E-state index contributed by atoms with van der Waals surface area (Å²) in [6.07, 6.45) is 11.9. The van der Waals surface area contributed by atoms with Gasteiger partial charge >= 0.3 is 11.7 Å². The van der Waals surface area contributed by atoms with Crippen molar-refractivity contribution in [2.45, 2.75) is 100 Å². The Balaban J connectivity index is -0.000000382. The normalized spacial score (nSPS) is 9.61. The van der Waals surface area contributed by atoms with Gasteiger partial charge in [-0.25, -0.2) is 4.79 Å². The van der Waals surface area contributed by atoms with E-state index in [9.17, 15) is 9.59 Å². The smallest absolute Gasteiger partial charge is 0.328 e. The van der Waals surface area contributed by atoms with Crippen molar-refractivity contribution in [3.63, 3.8) is 0 Å². The summed E-state index contributed by atoms with van der Waals surface area (Å²) in [5.41, 5.74) is 1.86. The van der Waals surface area contributed by atoms with Crippen molar-refractivity contribution in [1.29, 1.82) is 0 Å². The molecule has 0 bridgehead atoms. The Labute approximate surface area is 196 Å². The Kier molecular flexibility index (Phi) is 25.2. The summed E-state index contributed by atoms with van der Waals surface area (Å²) < 4.78 is 8.49. The lowest BCUT2D eigenvalue weighted by atomic mass is 10.2. The Morgan fingerprint density at radius 2 is 1.58 bits per heavy atom. The molecule has 0 radical (unpaired) electrons. The molecule has 0 unspecified atom stereocenters. The van der Waals surface area contributed by atoms with Crippen LogP contribution in [0.15, 0.2) is 16.9 Å². The maximum Gasteiger partial charge on any atom is 0.328 e. The number of esters is 1. The van der Waals surface area contributed by atoms with E-state index in [1.807, 2.05) is 34.6 Å². The molecule has 5 nitrogen and oxygen atoms in total. The third-order valence-corrected chi connectivity index (χ3v) is 5.06. The lowest BCUT2D eigenvalue weighted by Gasteiger charge is -2.09. The van der Waals surface area contributed by atoms with E-state index in [0.717, 1.165) is 24.1 Å². The number of rotatable bonds is 8. The van der Waals surface area contributed by atoms with E-state index in [1.165, 1.54) is 30.3 Å². The number of aromatic nitrogens is 2. The van der Waals surface area contributed by atoms with Gasteiger partial charge < -0.3 is 9.30 Å². The lowest BCUT2D eigenvalue weighted by Crippen LogP contribution is -2.29. The van der Waals surface area contributed by atoms with Gasteiger partial charge in [0.05, 0.1) is 6.61 Å². The molecule has 182 valence electrons. The average molecular weight is 457 g/mol. The van der Waals surface area contributed by atoms with Crippen molar-refractivity contribution in [3.8, 4) is 0 Å². The van der Waals surface area contributed by atoms with Crippen LogP contribution in [0.3, 0.4) is 0 Å². The van der Waals surface area contributed by atoms with Gasteiger partial charge in [-0.15, -0.1) is 0 Å². The van der Waals surface area contributed by atoms with Crippen LogP contribution in [0.25, 0.3) is 0 Å². The fourth-order valence-electron chi connectivity index (χ4n) is 2.38. The molecule has 0 aliphatic carbocycles. The third-order valence-electron chi connectivity index (χ3n) is 4.48. The van der Waals surface area contributed by atoms with E-state index in [-0.39, 0.29) is 11.7 Å². The molecule has 0 aliphatic rings. The van der Waals surface area contributed by atoms with Crippen molar-refractivity contribution in [3.05, 3.63) is 38.5 Å². The predicted molar refractivity (Wildman–Crippen MR) is 137 cm³/mol. The van der Waals surface area contributed by atoms with Gasteiger partial charge in [0.15, 0.2) is 0 Å². The van der Waals surface area contributed by atoms with Crippen LogP contribution in [-0.4, -0.2) is 21.7 Å². The number of nitrogens with zero attached hydrogens (tertiary/aromatic N) is 2. The van der Waals surface area contributed by atoms with Crippen LogP contribution < -0.4 is 5.69 Å². The number of hydrogen-bond donors (Lipinski definition) is 0. The van der Waals surface area contributed by atoms with Crippen LogP contribution in [0.5, 0.6) is 0 Å². The quantitative estimate of drug-likeness (QED) is 0.183. The van der Waals surface area contributed by atoms with Crippen molar-refractivity contribution >= 4 is 18.2 Å². The molecule has 0 N–H and O–H groups in total. The van der Waals surface area contributed by atoms with Crippen molar-refractivity contribution in [1.82, 2.24) is 9.13 Å². The molecule has 6 heteroatoms. The number of allylic oxidation sites excluding steroid dienone is 2. The Hall–Kier alpha value is -1.69. The molecule has 0 aliphatic heterocycles. The third kappa shape index (κ3) is 16.6. The van der Waals surface area contributed by atoms with Crippen LogP contribution in [0.2, 0.25) is 0 Å². The summed E-state index contributed by atoms with van der Waals surface area (Å²) >= 11 is 5.08. The topological polar surface area (TPSA) is 53.2 Å². The maximum absolute atomic E-state index is 11.4. The Morgan fingerprint density at radius 1 is 1.00 bits per heavy atom. The Bertz CT molecular complexity index is 681. The van der Waals surface area contributed by atoms with E-state index in [4.69, 9.17) is 17.0 Å². The zero-order valence-corrected chi connectivity index (χ0v) is 22.7. The van der Waals surface area contributed by atoms with Gasteiger partial charge in [0.25, 0.3) is 0 Å². The first kappa shape index (κ1) is 33.9. The average Bonchev–Trinajstić information content (AvgIpc) is 2.79. The summed E-state index contributed by atoms with van der Waals surface area (Å²) in [7, 11) is 3.44. The van der Waals surface area contributed by atoms with Gasteiger partial charge in [-0.2, -0.15) is 0 Å². The van der Waals surface area contributed by atoms with E-state index in [0.29, 0.717) is 17.7 Å². The second kappa shape index (κ2) is 23.0. The largest absolute Gasteiger partial charge is 0.466 e. The van der Waals surface area contributed by atoms with E-state index in [2.05, 4.69) is 32.9 Å². The number of hydrogen-bond acceptors (Lipinski definition) is 4. The highest BCUT2D eigenvalue weighted by Gasteiger charge is 2.04. The summed E-state index contributed by atoms with van der Waals surface area (Å²) in [6, 6.07) is 0. The van der Waals surface area contributed by atoms with Crippen LogP contribution in [0.1, 0.15) is 97.7 Å². The molecule has 0 aromatic carbocycles. The fourth-order valence-corrected chi connectivity index (χ4v) is 2.60. The first-order chi connectivity index (χ1) is 14.7. The van der Waals surface area contributed by atoms with Crippen molar-refractivity contribution in [2.75, 3.05) is 6.61 Å². The molecular formula is C25H48N2O3S. The Morgan fingerprint density at radius 3 is 2.00 bits per heavy atom. The fraction of sp³-hybridized carbons (Fsp3) is 0.720. The second-order valence-electron chi connectivity index (χ2n) is 6.89. The van der Waals surface area contributed by atoms with E-state index >= 15 is 0 Å². The predicted octanol–water partition coefficient (Wildman–Crippen LogP) is 6.98. The van der Waals surface area contributed by atoms with Gasteiger partial charge in [-0.1, -0.05) is 77.7 Å². The van der Waals surface area contributed by atoms with Gasteiger partial charge in [0.1, 0.15) is 4.64 Å². The molecule has 0 saturated heterocycles. The van der Waals surface area contributed by atoms with Gasteiger partial charge in [0.2, 0.25) is 0 Å². The highest BCUT2D eigenvalue weighted by Crippen LogP contribution is 2.04. The molecule has 0 spiro atoms. The molecule has 1 aromatic rings. The van der Waals surface area contributed by atoms with Gasteiger partial charge in [-0.3, -0.25) is 9.36 Å². The summed E-state index contributed by atoms with van der Waals surface area (Å²) in [4.78, 5) is 22.2. The molecule has 0 amide bonds. The van der Waals surface area contributed by atoms with Crippen LogP contribution in [-0.2, 0) is 23.6 Å². The number of carbonyl (C=O) groups excluding carboxylic acids is 1. The zero-order valence-electron chi connectivity index (χ0n) is 21.8. The minimum absolute atomic E-state index is 0.0522. The SMILES string of the molecule is C/C=C/CCC.CC.CCCCCCC(=O)OCC.Cc1c(C)n(C)c(=O)n(C)c1=S. The molecular weight excluding hydrogens is 408 g/mol. The minimum Gasteiger partial charge on any atom is -0.466 e. The lowest BCUT2D eigenvalue weighted by molar-refractivity contribution is -0.143. The number of ether oxygens (including phenoxy) is 1. The van der Waals surface area contributed by atoms with Crippen LogP contribution in [0, 0.1) is 18.5 Å². The standard InChI is InChI=1S/C9H18O2.C8H12N2OS.C6H12.C2H6/c1-3-5-6-7-8-9(10)11-4-2;1-5-6(2)9(3)8(11)10(4)7(5)12;1-3-5-6-4-2;1-2/h3-8H2,1-2H3;1-4H3;3,5H,4,6H2,1-2H3;1-2H3/b;;5-3+;. The zero-order chi connectivity index (χ0) is 24.8. The second-order valence-corrected chi connectivity index (χ2v) is 7.28. The van der Waals surface area contributed by atoms with Crippen molar-refractivity contribution < 1.29 is 9.53 Å². The van der Waals surface area contributed by atoms with E-state index in [1.54, 1.807) is 18.7 Å². The van der Waals surface area contributed by atoms with Crippen LogP contribution in [0.4, 0.5) is 0 Å².